The van der Waals surface area contributed by atoms with Crippen LogP contribution in [-0.4, -0.2) is 49.4 Å². The van der Waals surface area contributed by atoms with Crippen LogP contribution in [0.2, 0.25) is 0 Å². The molecule has 0 aliphatic carbocycles. The summed E-state index contributed by atoms with van der Waals surface area (Å²) in [4.78, 5) is 36.7. The van der Waals surface area contributed by atoms with Crippen LogP contribution in [0.4, 0.5) is 10.5 Å². The van der Waals surface area contributed by atoms with Gasteiger partial charge in [-0.1, -0.05) is 18.2 Å². The molecular formula is C16H24N4O3. The van der Waals surface area contributed by atoms with E-state index >= 15 is 0 Å². The van der Waals surface area contributed by atoms with Crippen molar-refractivity contribution < 1.29 is 14.4 Å². The van der Waals surface area contributed by atoms with Crippen molar-refractivity contribution in [2.45, 2.75) is 26.8 Å². The van der Waals surface area contributed by atoms with Gasteiger partial charge in [-0.3, -0.25) is 19.8 Å². The number of hydrogen-bond donors (Lipinski definition) is 3. The molecule has 1 atom stereocenters. The molecule has 4 amide bonds. The normalized spacial score (nSPS) is 11.7. The Labute approximate surface area is 136 Å². The summed E-state index contributed by atoms with van der Waals surface area (Å²) in [6.45, 7) is 5.51. The lowest BCUT2D eigenvalue weighted by molar-refractivity contribution is -0.125. The molecule has 0 aliphatic rings. The molecule has 0 spiro atoms. The first kappa shape index (κ1) is 18.6. The third kappa shape index (κ3) is 5.37. The monoisotopic (exact) mass is 320 g/mol. The van der Waals surface area contributed by atoms with Gasteiger partial charge in [0, 0.05) is 12.7 Å². The average molecular weight is 320 g/mol. The van der Waals surface area contributed by atoms with Crippen molar-refractivity contribution in [3.05, 3.63) is 29.3 Å². The lowest BCUT2D eigenvalue weighted by Crippen LogP contribution is -2.49. The number of likely N-dealkylation sites (N-methyl/N-ethyl adjacent to an activating group) is 1. The summed E-state index contributed by atoms with van der Waals surface area (Å²) >= 11 is 0. The van der Waals surface area contributed by atoms with Gasteiger partial charge in [-0.25, -0.2) is 4.79 Å². The van der Waals surface area contributed by atoms with Crippen LogP contribution in [0.1, 0.15) is 18.1 Å². The molecule has 1 aromatic carbocycles. The van der Waals surface area contributed by atoms with Crippen molar-refractivity contribution in [2.24, 2.45) is 0 Å². The number of nitrogens with zero attached hydrogens (tertiary/aromatic N) is 1. The van der Waals surface area contributed by atoms with E-state index in [0.29, 0.717) is 0 Å². The quantitative estimate of drug-likeness (QED) is 0.755. The highest BCUT2D eigenvalue weighted by Gasteiger charge is 2.21. The molecule has 126 valence electrons. The number of carbonyl (C=O) groups is 3. The number of anilines is 1. The fraction of sp³-hybridized carbons (Fsp3) is 0.438. The molecule has 0 fully saturated rings. The molecule has 0 radical (unpaired) electrons. The Bertz CT molecular complexity index is 581. The minimum absolute atomic E-state index is 0.0378. The number of rotatable bonds is 5. The molecule has 7 heteroatoms. The summed E-state index contributed by atoms with van der Waals surface area (Å²) < 4.78 is 0. The lowest BCUT2D eigenvalue weighted by Gasteiger charge is -2.23. The lowest BCUT2D eigenvalue weighted by atomic mass is 10.1. The van der Waals surface area contributed by atoms with Crippen molar-refractivity contribution >= 4 is 23.5 Å². The van der Waals surface area contributed by atoms with Gasteiger partial charge in [0.25, 0.3) is 0 Å². The van der Waals surface area contributed by atoms with E-state index in [2.05, 4.69) is 16.0 Å². The third-order valence-electron chi connectivity index (χ3n) is 3.64. The third-order valence-corrected chi connectivity index (χ3v) is 3.64. The summed E-state index contributed by atoms with van der Waals surface area (Å²) in [5.41, 5.74) is 2.74. The van der Waals surface area contributed by atoms with Crippen LogP contribution in [0.25, 0.3) is 0 Å². The molecule has 1 aromatic rings. The summed E-state index contributed by atoms with van der Waals surface area (Å²) in [5.74, 6) is -0.684. The van der Waals surface area contributed by atoms with Crippen molar-refractivity contribution in [3.63, 3.8) is 0 Å². The zero-order valence-corrected chi connectivity index (χ0v) is 14.2. The number of aryl methyl sites for hydroxylation is 2. The summed E-state index contributed by atoms with van der Waals surface area (Å²) in [5, 5.41) is 7.36. The largest absolute Gasteiger partial charge is 0.341 e. The number of nitrogens with one attached hydrogen (secondary N) is 3. The number of benzene rings is 1. The van der Waals surface area contributed by atoms with E-state index < -0.39 is 18.0 Å². The highest BCUT2D eigenvalue weighted by atomic mass is 16.2. The fourth-order valence-corrected chi connectivity index (χ4v) is 2.03. The predicted octanol–water partition coefficient (Wildman–Crippen LogP) is 1.02. The Morgan fingerprint density at radius 3 is 2.26 bits per heavy atom. The molecule has 0 unspecified atom stereocenters. The van der Waals surface area contributed by atoms with Gasteiger partial charge in [0.1, 0.15) is 0 Å². The second kappa shape index (κ2) is 8.28. The molecule has 0 bridgehead atoms. The van der Waals surface area contributed by atoms with E-state index in [0.717, 1.165) is 16.8 Å². The van der Waals surface area contributed by atoms with Crippen LogP contribution in [0.5, 0.6) is 0 Å². The zero-order valence-electron chi connectivity index (χ0n) is 14.2. The van der Waals surface area contributed by atoms with E-state index in [1.807, 2.05) is 32.0 Å². The smallest absolute Gasteiger partial charge is 0.321 e. The summed E-state index contributed by atoms with van der Waals surface area (Å²) in [7, 11) is 3.08. The highest BCUT2D eigenvalue weighted by molar-refractivity contribution is 5.97. The second-order valence-electron chi connectivity index (χ2n) is 5.47. The van der Waals surface area contributed by atoms with Gasteiger partial charge in [-0.15, -0.1) is 0 Å². The molecule has 1 rings (SSSR count). The highest BCUT2D eigenvalue weighted by Crippen LogP contribution is 2.19. The average Bonchev–Trinajstić information content (AvgIpc) is 2.49. The van der Waals surface area contributed by atoms with Gasteiger partial charge >= 0.3 is 6.03 Å². The van der Waals surface area contributed by atoms with E-state index in [1.54, 1.807) is 18.9 Å². The topological polar surface area (TPSA) is 90.5 Å². The second-order valence-corrected chi connectivity index (χ2v) is 5.47. The van der Waals surface area contributed by atoms with Gasteiger partial charge in [-0.05, 0) is 38.9 Å². The predicted molar refractivity (Wildman–Crippen MR) is 89.2 cm³/mol. The van der Waals surface area contributed by atoms with Crippen molar-refractivity contribution in [3.8, 4) is 0 Å². The molecule has 0 aliphatic heterocycles. The molecule has 0 heterocycles. The Morgan fingerprint density at radius 2 is 1.74 bits per heavy atom. The fourth-order valence-electron chi connectivity index (χ4n) is 2.03. The first-order chi connectivity index (χ1) is 10.8. The van der Waals surface area contributed by atoms with Gasteiger partial charge in [0.2, 0.25) is 11.8 Å². The van der Waals surface area contributed by atoms with Gasteiger partial charge in [0.15, 0.2) is 0 Å². The first-order valence-corrected chi connectivity index (χ1v) is 7.35. The van der Waals surface area contributed by atoms with Crippen LogP contribution < -0.4 is 16.0 Å². The minimum Gasteiger partial charge on any atom is -0.341 e. The van der Waals surface area contributed by atoms with E-state index in [1.165, 1.54) is 7.05 Å². The Hall–Kier alpha value is -2.41. The summed E-state index contributed by atoms with van der Waals surface area (Å²) in [6, 6.07) is 4.58. The SMILES string of the molecule is CNC(=O)NC(=O)[C@H](C)N(C)CC(=O)Nc1c(C)cccc1C. The van der Waals surface area contributed by atoms with Crippen molar-refractivity contribution in [2.75, 3.05) is 26.0 Å². The minimum atomic E-state index is -0.615. The number of urea groups is 1. The molecule has 0 aromatic heterocycles. The van der Waals surface area contributed by atoms with E-state index in [-0.39, 0.29) is 12.5 Å². The maximum Gasteiger partial charge on any atom is 0.321 e. The molecule has 3 N–H and O–H groups in total. The molecule has 7 nitrogen and oxygen atoms in total. The maximum absolute atomic E-state index is 12.2. The zero-order chi connectivity index (χ0) is 17.6. The van der Waals surface area contributed by atoms with Crippen molar-refractivity contribution in [1.82, 2.24) is 15.5 Å². The molecule has 0 saturated heterocycles. The Balaban J connectivity index is 2.63. The summed E-state index contributed by atoms with van der Waals surface area (Å²) in [6.07, 6.45) is 0. The molecular weight excluding hydrogens is 296 g/mol. The van der Waals surface area contributed by atoms with E-state index in [4.69, 9.17) is 0 Å². The van der Waals surface area contributed by atoms with Crippen LogP contribution in [0.3, 0.4) is 0 Å². The Kier molecular flexibility index (Phi) is 6.71. The number of hydrogen-bond acceptors (Lipinski definition) is 4. The van der Waals surface area contributed by atoms with Crippen LogP contribution in [0.15, 0.2) is 18.2 Å². The van der Waals surface area contributed by atoms with Gasteiger partial charge < -0.3 is 10.6 Å². The van der Waals surface area contributed by atoms with Crippen LogP contribution in [-0.2, 0) is 9.59 Å². The van der Waals surface area contributed by atoms with Crippen LogP contribution in [0, 0.1) is 13.8 Å². The van der Waals surface area contributed by atoms with Gasteiger partial charge in [0.05, 0.1) is 12.6 Å². The first-order valence-electron chi connectivity index (χ1n) is 7.35. The number of carbonyl (C=O) groups excluding carboxylic acids is 3. The van der Waals surface area contributed by atoms with Crippen molar-refractivity contribution in [1.29, 1.82) is 0 Å². The number of amides is 4. The number of para-hydroxylation sites is 1. The molecule has 0 saturated carbocycles. The van der Waals surface area contributed by atoms with E-state index in [9.17, 15) is 14.4 Å². The maximum atomic E-state index is 12.2. The standard InChI is InChI=1S/C16H24N4O3/c1-10-7-6-8-11(2)14(10)18-13(21)9-20(5)12(3)15(22)19-16(23)17-4/h6-8,12H,9H2,1-5H3,(H,18,21)(H2,17,19,22,23)/t12-/m0/s1. The van der Waals surface area contributed by atoms with Gasteiger partial charge in [-0.2, -0.15) is 0 Å². The molecule has 23 heavy (non-hydrogen) atoms. The number of imide groups is 1. The van der Waals surface area contributed by atoms with Crippen LogP contribution >= 0.6 is 0 Å². The Morgan fingerprint density at radius 1 is 1.17 bits per heavy atom.